The zero-order valence-corrected chi connectivity index (χ0v) is 14.5. The number of methoxy groups -OCH3 is 1. The highest BCUT2D eigenvalue weighted by Crippen LogP contribution is 2.17. The number of carbonyl (C=O) groups is 1. The van der Waals surface area contributed by atoms with E-state index >= 15 is 0 Å². The van der Waals surface area contributed by atoms with Crippen molar-refractivity contribution in [2.24, 2.45) is 0 Å². The summed E-state index contributed by atoms with van der Waals surface area (Å²) in [4.78, 5) is 18.3. The molecule has 0 bridgehead atoms. The summed E-state index contributed by atoms with van der Waals surface area (Å²) in [5.74, 6) is 0. The smallest absolute Gasteiger partial charge is 0.322 e. The summed E-state index contributed by atoms with van der Waals surface area (Å²) in [6.07, 6.45) is 3.48. The maximum Gasteiger partial charge on any atom is 0.322 e. The first-order valence-corrected chi connectivity index (χ1v) is 7.97. The Bertz CT molecular complexity index is 607. The van der Waals surface area contributed by atoms with Crippen LogP contribution in [0.15, 0.2) is 48.8 Å². The minimum Gasteiger partial charge on any atom is -0.383 e. The second-order valence-corrected chi connectivity index (χ2v) is 5.85. The Kier molecular flexibility index (Phi) is 6.60. The van der Waals surface area contributed by atoms with Crippen LogP contribution in [0, 0.1) is 3.57 Å². The van der Waals surface area contributed by atoms with Crippen LogP contribution in [-0.2, 0) is 11.3 Å². The summed E-state index contributed by atoms with van der Waals surface area (Å²) < 4.78 is 6.10. The third-order valence-electron chi connectivity index (χ3n) is 3.06. The fourth-order valence-corrected chi connectivity index (χ4v) is 2.45. The van der Waals surface area contributed by atoms with E-state index in [4.69, 9.17) is 4.74 Å². The fraction of sp³-hybridized carbons (Fsp3) is 0.250. The molecule has 22 heavy (non-hydrogen) atoms. The number of aromatic nitrogens is 1. The number of halogens is 1. The third kappa shape index (κ3) is 4.96. The van der Waals surface area contributed by atoms with Crippen molar-refractivity contribution < 1.29 is 9.53 Å². The molecule has 1 aromatic carbocycles. The molecule has 0 aliphatic carbocycles. The van der Waals surface area contributed by atoms with Gasteiger partial charge in [0, 0.05) is 36.2 Å². The number of rotatable bonds is 6. The predicted octanol–water partition coefficient (Wildman–Crippen LogP) is 3.37. The van der Waals surface area contributed by atoms with E-state index in [0.717, 1.165) is 14.8 Å². The largest absolute Gasteiger partial charge is 0.383 e. The van der Waals surface area contributed by atoms with Crippen molar-refractivity contribution in [2.45, 2.75) is 6.54 Å². The van der Waals surface area contributed by atoms with Gasteiger partial charge < -0.3 is 15.0 Å². The van der Waals surface area contributed by atoms with Gasteiger partial charge in [-0.3, -0.25) is 4.98 Å². The van der Waals surface area contributed by atoms with Crippen LogP contribution in [-0.4, -0.2) is 36.2 Å². The molecule has 0 saturated carbocycles. The standard InChI is InChI=1S/C16H18IN3O2/c1-22-10-9-20(12-13-5-4-8-18-11-13)16(21)19-15-7-3-2-6-14(15)17/h2-8,11H,9-10,12H2,1H3,(H,19,21). The highest BCUT2D eigenvalue weighted by molar-refractivity contribution is 14.1. The van der Waals surface area contributed by atoms with Crippen molar-refractivity contribution in [1.82, 2.24) is 9.88 Å². The van der Waals surface area contributed by atoms with Crippen LogP contribution >= 0.6 is 22.6 Å². The first-order chi connectivity index (χ1) is 10.7. The van der Waals surface area contributed by atoms with E-state index in [1.807, 2.05) is 36.4 Å². The maximum atomic E-state index is 12.5. The van der Waals surface area contributed by atoms with Crippen LogP contribution < -0.4 is 5.32 Å². The van der Waals surface area contributed by atoms with E-state index in [-0.39, 0.29) is 6.03 Å². The number of nitrogens with zero attached hydrogens (tertiary/aromatic N) is 2. The molecule has 2 rings (SSSR count). The number of urea groups is 1. The molecule has 1 aromatic heterocycles. The van der Waals surface area contributed by atoms with E-state index in [9.17, 15) is 4.79 Å². The molecule has 0 aliphatic heterocycles. The summed E-state index contributed by atoms with van der Waals surface area (Å²) in [6.45, 7) is 1.49. The molecule has 1 N–H and O–H groups in total. The number of para-hydroxylation sites is 1. The van der Waals surface area contributed by atoms with Gasteiger partial charge in [0.15, 0.2) is 0 Å². The van der Waals surface area contributed by atoms with Crippen LogP contribution in [0.25, 0.3) is 0 Å². The number of hydrogen-bond acceptors (Lipinski definition) is 3. The Balaban J connectivity index is 2.07. The number of benzene rings is 1. The zero-order valence-electron chi connectivity index (χ0n) is 12.3. The Morgan fingerprint density at radius 3 is 2.82 bits per heavy atom. The minimum absolute atomic E-state index is 0.148. The summed E-state index contributed by atoms with van der Waals surface area (Å²) in [7, 11) is 1.63. The summed E-state index contributed by atoms with van der Waals surface area (Å²) >= 11 is 2.20. The maximum absolute atomic E-state index is 12.5. The first kappa shape index (κ1) is 16.7. The van der Waals surface area contributed by atoms with Crippen molar-refractivity contribution in [3.05, 3.63) is 57.9 Å². The van der Waals surface area contributed by atoms with Crippen molar-refractivity contribution >= 4 is 34.3 Å². The van der Waals surface area contributed by atoms with Gasteiger partial charge in [-0.2, -0.15) is 0 Å². The Hall–Kier alpha value is -1.67. The van der Waals surface area contributed by atoms with Gasteiger partial charge in [0.25, 0.3) is 0 Å². The molecule has 1 heterocycles. The molecular formula is C16H18IN3O2. The van der Waals surface area contributed by atoms with Gasteiger partial charge in [-0.25, -0.2) is 4.79 Å². The first-order valence-electron chi connectivity index (χ1n) is 6.89. The fourth-order valence-electron chi connectivity index (χ4n) is 1.92. The molecule has 0 saturated heterocycles. The summed E-state index contributed by atoms with van der Waals surface area (Å²) in [5, 5.41) is 2.94. The van der Waals surface area contributed by atoms with Gasteiger partial charge in [-0.1, -0.05) is 18.2 Å². The lowest BCUT2D eigenvalue weighted by atomic mass is 10.2. The summed E-state index contributed by atoms with van der Waals surface area (Å²) in [6, 6.07) is 11.3. The number of ether oxygens (including phenoxy) is 1. The lowest BCUT2D eigenvalue weighted by Crippen LogP contribution is -2.37. The molecule has 0 radical (unpaired) electrons. The van der Waals surface area contributed by atoms with Crippen molar-refractivity contribution in [3.8, 4) is 0 Å². The van der Waals surface area contributed by atoms with Gasteiger partial charge in [0.1, 0.15) is 0 Å². The summed E-state index contributed by atoms with van der Waals surface area (Å²) in [5.41, 5.74) is 1.79. The lowest BCUT2D eigenvalue weighted by Gasteiger charge is -2.23. The van der Waals surface area contributed by atoms with E-state index < -0.39 is 0 Å². The average Bonchev–Trinajstić information content (AvgIpc) is 2.54. The second-order valence-electron chi connectivity index (χ2n) is 4.69. The SMILES string of the molecule is COCCN(Cc1cccnc1)C(=O)Nc1ccccc1I. The second kappa shape index (κ2) is 8.70. The molecule has 0 aliphatic rings. The number of anilines is 1. The number of carbonyl (C=O) groups excluding carboxylic acids is 1. The minimum atomic E-state index is -0.148. The van der Waals surface area contributed by atoms with Crippen LogP contribution in [0.2, 0.25) is 0 Å². The molecule has 0 spiro atoms. The van der Waals surface area contributed by atoms with Gasteiger partial charge in [-0.05, 0) is 46.4 Å². The molecule has 2 aromatic rings. The van der Waals surface area contributed by atoms with Crippen LogP contribution in [0.1, 0.15) is 5.56 Å². The predicted molar refractivity (Wildman–Crippen MR) is 94.7 cm³/mol. The molecule has 0 unspecified atom stereocenters. The average molecular weight is 411 g/mol. The topological polar surface area (TPSA) is 54.5 Å². The third-order valence-corrected chi connectivity index (χ3v) is 4.00. The Labute approximate surface area is 143 Å². The zero-order chi connectivity index (χ0) is 15.8. The van der Waals surface area contributed by atoms with Crippen molar-refractivity contribution in [1.29, 1.82) is 0 Å². The number of nitrogens with one attached hydrogen (secondary N) is 1. The number of hydrogen-bond donors (Lipinski definition) is 1. The molecule has 116 valence electrons. The van der Waals surface area contributed by atoms with E-state index in [0.29, 0.717) is 19.7 Å². The Morgan fingerprint density at radius 1 is 1.32 bits per heavy atom. The highest BCUT2D eigenvalue weighted by Gasteiger charge is 2.15. The molecule has 5 nitrogen and oxygen atoms in total. The highest BCUT2D eigenvalue weighted by atomic mass is 127. The molecule has 2 amide bonds. The van der Waals surface area contributed by atoms with Gasteiger partial charge >= 0.3 is 6.03 Å². The lowest BCUT2D eigenvalue weighted by molar-refractivity contribution is 0.152. The number of amides is 2. The number of pyridine rings is 1. The molecule has 0 fully saturated rings. The van der Waals surface area contributed by atoms with Crippen LogP contribution in [0.4, 0.5) is 10.5 Å². The molecule has 6 heteroatoms. The van der Waals surface area contributed by atoms with Gasteiger partial charge in [0.05, 0.1) is 12.3 Å². The normalized spacial score (nSPS) is 10.3. The van der Waals surface area contributed by atoms with Crippen LogP contribution in [0.5, 0.6) is 0 Å². The quantitative estimate of drug-likeness (QED) is 0.742. The van der Waals surface area contributed by atoms with E-state index in [2.05, 4.69) is 32.9 Å². The van der Waals surface area contributed by atoms with Crippen molar-refractivity contribution in [2.75, 3.05) is 25.6 Å². The monoisotopic (exact) mass is 411 g/mol. The van der Waals surface area contributed by atoms with Gasteiger partial charge in [0.2, 0.25) is 0 Å². The van der Waals surface area contributed by atoms with E-state index in [1.165, 1.54) is 0 Å². The molecule has 0 atom stereocenters. The van der Waals surface area contributed by atoms with Crippen LogP contribution in [0.3, 0.4) is 0 Å². The molecular weight excluding hydrogens is 393 g/mol. The Morgan fingerprint density at radius 2 is 2.14 bits per heavy atom. The van der Waals surface area contributed by atoms with E-state index in [1.54, 1.807) is 24.4 Å². The van der Waals surface area contributed by atoms with Crippen molar-refractivity contribution in [3.63, 3.8) is 0 Å². The van der Waals surface area contributed by atoms with Gasteiger partial charge in [-0.15, -0.1) is 0 Å².